The Labute approximate surface area is 160 Å². The summed E-state index contributed by atoms with van der Waals surface area (Å²) in [5, 5.41) is 5.74. The third kappa shape index (κ3) is 3.88. The molecule has 2 aromatic carbocycles. The Morgan fingerprint density at radius 1 is 1.18 bits per heavy atom. The predicted octanol–water partition coefficient (Wildman–Crippen LogP) is 5.14. The largest absolute Gasteiger partial charge is 0.416 e. The van der Waals surface area contributed by atoms with Gasteiger partial charge in [-0.3, -0.25) is 4.79 Å². The molecule has 0 spiro atoms. The molecule has 0 radical (unpaired) electrons. The maximum absolute atomic E-state index is 13.3. The lowest BCUT2D eigenvalue weighted by molar-refractivity contribution is -0.137. The first-order chi connectivity index (χ1) is 13.1. The van der Waals surface area contributed by atoms with Crippen LogP contribution in [0.1, 0.15) is 37.0 Å². The Kier molecular flexibility index (Phi) is 5.19. The summed E-state index contributed by atoms with van der Waals surface area (Å²) < 4.78 is 52.5. The molecular weight excluding hydrogens is 372 g/mol. The molecule has 1 amide bonds. The first kappa shape index (κ1) is 19.9. The number of benzene rings is 2. The highest BCUT2D eigenvalue weighted by atomic mass is 19.4. The normalized spacial score (nSPS) is 18.7. The molecule has 0 bridgehead atoms. The quantitative estimate of drug-likeness (QED) is 0.708. The second kappa shape index (κ2) is 7.30. The van der Waals surface area contributed by atoms with Crippen molar-refractivity contribution < 1.29 is 22.4 Å². The van der Waals surface area contributed by atoms with Crippen LogP contribution >= 0.6 is 0 Å². The summed E-state index contributed by atoms with van der Waals surface area (Å²) in [5.41, 5.74) is 0.224. The van der Waals surface area contributed by atoms with E-state index in [4.69, 9.17) is 0 Å². The van der Waals surface area contributed by atoms with Crippen molar-refractivity contribution in [3.63, 3.8) is 0 Å². The second-order valence-corrected chi connectivity index (χ2v) is 6.85. The van der Waals surface area contributed by atoms with Crippen LogP contribution < -0.4 is 10.6 Å². The Morgan fingerprint density at radius 3 is 2.57 bits per heavy atom. The Balaban J connectivity index is 1.87. The summed E-state index contributed by atoms with van der Waals surface area (Å²) in [7, 11) is 0. The van der Waals surface area contributed by atoms with Crippen molar-refractivity contribution in [1.82, 2.24) is 5.32 Å². The number of allylic oxidation sites excluding steroid dienone is 1. The molecule has 0 fully saturated rings. The van der Waals surface area contributed by atoms with Crippen LogP contribution in [-0.4, -0.2) is 11.4 Å². The molecule has 0 aromatic heterocycles. The molecule has 1 atom stereocenters. The number of nitrogens with one attached hydrogen (secondary N) is 2. The van der Waals surface area contributed by atoms with Gasteiger partial charge in [-0.25, -0.2) is 4.39 Å². The number of alkyl halides is 3. The first-order valence-corrected chi connectivity index (χ1v) is 8.86. The van der Waals surface area contributed by atoms with E-state index in [1.807, 2.05) is 0 Å². The van der Waals surface area contributed by atoms with Crippen LogP contribution in [0.5, 0.6) is 0 Å². The second-order valence-electron chi connectivity index (χ2n) is 6.85. The van der Waals surface area contributed by atoms with E-state index < -0.39 is 23.1 Å². The average molecular weight is 392 g/mol. The van der Waals surface area contributed by atoms with Gasteiger partial charge in [0.15, 0.2) is 0 Å². The van der Waals surface area contributed by atoms with Gasteiger partial charge in [0, 0.05) is 17.8 Å². The Morgan fingerprint density at radius 2 is 1.93 bits per heavy atom. The molecule has 2 N–H and O–H groups in total. The molecule has 2 aromatic rings. The minimum Gasteiger partial charge on any atom is -0.368 e. The van der Waals surface area contributed by atoms with Gasteiger partial charge in [-0.1, -0.05) is 25.1 Å². The molecule has 1 aliphatic rings. The van der Waals surface area contributed by atoms with E-state index in [9.17, 15) is 22.4 Å². The van der Waals surface area contributed by atoms with Crippen molar-refractivity contribution in [3.8, 4) is 0 Å². The highest BCUT2D eigenvalue weighted by Gasteiger charge is 2.39. The third-order valence-corrected chi connectivity index (χ3v) is 4.90. The van der Waals surface area contributed by atoms with Crippen LogP contribution in [0.25, 0.3) is 5.57 Å². The van der Waals surface area contributed by atoms with Crippen molar-refractivity contribution in [2.24, 2.45) is 0 Å². The molecule has 1 unspecified atom stereocenters. The topological polar surface area (TPSA) is 41.1 Å². The van der Waals surface area contributed by atoms with E-state index in [0.717, 1.165) is 12.1 Å². The number of rotatable bonds is 4. The standard InChI is InChI=1S/C21H20F4N2O/c1-3-20(19(28)26-12-14-5-4-6-16(22)9-14)11-13(2)17-8-7-15(21(23,24)25)10-18(17)27-20/h4-11,27H,3,12H2,1-2H3,(H,26,28). The number of fused-ring (bicyclic) bond motifs is 1. The van der Waals surface area contributed by atoms with E-state index >= 15 is 0 Å². The van der Waals surface area contributed by atoms with Crippen molar-refractivity contribution in [1.29, 1.82) is 0 Å². The molecule has 3 nitrogen and oxygen atoms in total. The van der Waals surface area contributed by atoms with Crippen molar-refractivity contribution in [3.05, 3.63) is 71.0 Å². The van der Waals surface area contributed by atoms with Gasteiger partial charge < -0.3 is 10.6 Å². The van der Waals surface area contributed by atoms with Gasteiger partial charge in [-0.2, -0.15) is 13.2 Å². The van der Waals surface area contributed by atoms with Gasteiger partial charge in [0.2, 0.25) is 5.91 Å². The van der Waals surface area contributed by atoms with Gasteiger partial charge >= 0.3 is 6.18 Å². The molecule has 0 saturated carbocycles. The highest BCUT2D eigenvalue weighted by molar-refractivity contribution is 5.97. The Hall–Kier alpha value is -2.83. The van der Waals surface area contributed by atoms with Crippen molar-refractivity contribution >= 4 is 17.2 Å². The van der Waals surface area contributed by atoms with Crippen LogP contribution in [0.15, 0.2) is 48.5 Å². The maximum atomic E-state index is 13.3. The van der Waals surface area contributed by atoms with E-state index in [0.29, 0.717) is 23.1 Å². The zero-order valence-corrected chi connectivity index (χ0v) is 15.5. The van der Waals surface area contributed by atoms with Crippen LogP contribution in [-0.2, 0) is 17.5 Å². The number of carbonyl (C=O) groups is 1. The van der Waals surface area contributed by atoms with Gasteiger partial charge in [-0.05, 0) is 54.8 Å². The predicted molar refractivity (Wildman–Crippen MR) is 100.0 cm³/mol. The fourth-order valence-corrected chi connectivity index (χ4v) is 3.35. The minimum absolute atomic E-state index is 0.113. The molecule has 3 rings (SSSR count). The molecule has 28 heavy (non-hydrogen) atoms. The third-order valence-electron chi connectivity index (χ3n) is 4.90. The molecule has 148 valence electrons. The molecule has 1 heterocycles. The fraction of sp³-hybridized carbons (Fsp3) is 0.286. The van der Waals surface area contributed by atoms with Crippen LogP contribution in [0.2, 0.25) is 0 Å². The highest BCUT2D eigenvalue weighted by Crippen LogP contribution is 2.39. The number of amides is 1. The molecule has 0 saturated heterocycles. The summed E-state index contributed by atoms with van der Waals surface area (Å²) >= 11 is 0. The Bertz CT molecular complexity index is 936. The SMILES string of the molecule is CCC1(C(=O)NCc2cccc(F)c2)C=C(C)c2ccc(C(F)(F)F)cc2N1. The number of hydrogen-bond donors (Lipinski definition) is 2. The van der Waals surface area contributed by atoms with E-state index in [2.05, 4.69) is 10.6 Å². The van der Waals surface area contributed by atoms with Crippen LogP contribution in [0.4, 0.5) is 23.2 Å². The van der Waals surface area contributed by atoms with Gasteiger partial charge in [0.05, 0.1) is 5.56 Å². The number of hydrogen-bond acceptors (Lipinski definition) is 2. The van der Waals surface area contributed by atoms with E-state index in [1.54, 1.807) is 32.1 Å². The lowest BCUT2D eigenvalue weighted by Gasteiger charge is -2.36. The van der Waals surface area contributed by atoms with Gasteiger partial charge in [0.25, 0.3) is 0 Å². The van der Waals surface area contributed by atoms with Crippen LogP contribution in [0.3, 0.4) is 0 Å². The van der Waals surface area contributed by atoms with Crippen LogP contribution in [0, 0.1) is 5.82 Å². The molecule has 1 aliphatic heterocycles. The average Bonchev–Trinajstić information content (AvgIpc) is 2.64. The number of carbonyl (C=O) groups excluding carboxylic acids is 1. The maximum Gasteiger partial charge on any atom is 0.416 e. The summed E-state index contributed by atoms with van der Waals surface area (Å²) in [5.74, 6) is -0.793. The lowest BCUT2D eigenvalue weighted by Crippen LogP contribution is -2.52. The minimum atomic E-state index is -4.47. The smallest absolute Gasteiger partial charge is 0.368 e. The summed E-state index contributed by atoms with van der Waals surface area (Å²) in [6.07, 6.45) is -2.42. The fourth-order valence-electron chi connectivity index (χ4n) is 3.35. The zero-order chi connectivity index (χ0) is 20.5. The van der Waals surface area contributed by atoms with Crippen molar-refractivity contribution in [2.75, 3.05) is 5.32 Å². The zero-order valence-electron chi connectivity index (χ0n) is 15.5. The molecule has 0 aliphatic carbocycles. The number of anilines is 1. The van der Waals surface area contributed by atoms with E-state index in [1.165, 1.54) is 18.2 Å². The lowest BCUT2D eigenvalue weighted by atomic mass is 9.85. The van der Waals surface area contributed by atoms with Gasteiger partial charge in [0.1, 0.15) is 11.4 Å². The van der Waals surface area contributed by atoms with Crippen molar-refractivity contribution in [2.45, 2.75) is 38.5 Å². The van der Waals surface area contributed by atoms with E-state index in [-0.39, 0.29) is 18.1 Å². The monoisotopic (exact) mass is 392 g/mol. The first-order valence-electron chi connectivity index (χ1n) is 8.86. The van der Waals surface area contributed by atoms with Gasteiger partial charge in [-0.15, -0.1) is 0 Å². The molecule has 7 heteroatoms. The summed E-state index contributed by atoms with van der Waals surface area (Å²) in [4.78, 5) is 12.9. The summed E-state index contributed by atoms with van der Waals surface area (Å²) in [6, 6.07) is 9.31. The number of halogens is 4. The summed E-state index contributed by atoms with van der Waals surface area (Å²) in [6.45, 7) is 3.65. The molecular formula is C21H20F4N2O.